The van der Waals surface area contributed by atoms with Crippen molar-refractivity contribution in [3.63, 3.8) is 0 Å². The SMILES string of the molecule is COCC(=O)N1CCN(c2ccc(-c3ccccc3)nn2)CC1. The van der Waals surface area contributed by atoms with E-state index in [9.17, 15) is 4.79 Å². The van der Waals surface area contributed by atoms with Crippen LogP contribution < -0.4 is 4.90 Å². The van der Waals surface area contributed by atoms with E-state index >= 15 is 0 Å². The number of amides is 1. The summed E-state index contributed by atoms with van der Waals surface area (Å²) in [7, 11) is 1.54. The zero-order chi connectivity index (χ0) is 16.1. The number of piperazine rings is 1. The van der Waals surface area contributed by atoms with E-state index in [1.807, 2.05) is 47.4 Å². The second-order valence-corrected chi connectivity index (χ2v) is 5.44. The molecule has 1 saturated heterocycles. The molecular formula is C17H20N4O2. The molecule has 2 heterocycles. The third-order valence-electron chi connectivity index (χ3n) is 3.94. The number of carbonyl (C=O) groups excluding carboxylic acids is 1. The van der Waals surface area contributed by atoms with E-state index in [2.05, 4.69) is 15.1 Å². The second-order valence-electron chi connectivity index (χ2n) is 5.44. The Kier molecular flexibility index (Phi) is 4.83. The number of aromatic nitrogens is 2. The van der Waals surface area contributed by atoms with Gasteiger partial charge in [-0.25, -0.2) is 0 Å². The number of carbonyl (C=O) groups is 1. The van der Waals surface area contributed by atoms with Crippen LogP contribution in [-0.4, -0.2) is 60.9 Å². The van der Waals surface area contributed by atoms with Crippen molar-refractivity contribution in [1.82, 2.24) is 15.1 Å². The van der Waals surface area contributed by atoms with E-state index in [1.165, 1.54) is 7.11 Å². The van der Waals surface area contributed by atoms with Gasteiger partial charge in [0.25, 0.3) is 0 Å². The quantitative estimate of drug-likeness (QED) is 0.855. The number of rotatable bonds is 4. The van der Waals surface area contributed by atoms with Gasteiger partial charge in [0.1, 0.15) is 6.61 Å². The molecule has 1 amide bonds. The average molecular weight is 312 g/mol. The minimum absolute atomic E-state index is 0.0395. The molecule has 2 aromatic rings. The first-order valence-electron chi connectivity index (χ1n) is 7.69. The predicted molar refractivity (Wildman–Crippen MR) is 88.1 cm³/mol. The molecule has 120 valence electrons. The van der Waals surface area contributed by atoms with Gasteiger partial charge in [0.15, 0.2) is 5.82 Å². The lowest BCUT2D eigenvalue weighted by Crippen LogP contribution is -2.50. The normalized spacial score (nSPS) is 14.8. The molecule has 1 aliphatic heterocycles. The Morgan fingerprint density at radius 2 is 1.78 bits per heavy atom. The zero-order valence-electron chi connectivity index (χ0n) is 13.2. The molecule has 0 aliphatic carbocycles. The maximum atomic E-state index is 11.8. The maximum Gasteiger partial charge on any atom is 0.248 e. The topological polar surface area (TPSA) is 58.6 Å². The highest BCUT2D eigenvalue weighted by Crippen LogP contribution is 2.19. The first-order valence-corrected chi connectivity index (χ1v) is 7.69. The average Bonchev–Trinajstić information content (AvgIpc) is 2.63. The van der Waals surface area contributed by atoms with Crippen molar-refractivity contribution in [2.45, 2.75) is 0 Å². The molecule has 0 spiro atoms. The van der Waals surface area contributed by atoms with Crippen LogP contribution in [0.4, 0.5) is 5.82 Å². The molecule has 3 rings (SSSR count). The summed E-state index contributed by atoms with van der Waals surface area (Å²) < 4.78 is 4.90. The van der Waals surface area contributed by atoms with Gasteiger partial charge in [-0.3, -0.25) is 4.79 Å². The van der Waals surface area contributed by atoms with Gasteiger partial charge in [-0.05, 0) is 12.1 Å². The van der Waals surface area contributed by atoms with Crippen LogP contribution in [0.15, 0.2) is 42.5 Å². The van der Waals surface area contributed by atoms with Crippen molar-refractivity contribution >= 4 is 11.7 Å². The Labute approximate surface area is 135 Å². The smallest absolute Gasteiger partial charge is 0.248 e. The Morgan fingerprint density at radius 1 is 1.04 bits per heavy atom. The molecule has 0 radical (unpaired) electrons. The Balaban J connectivity index is 1.62. The van der Waals surface area contributed by atoms with Crippen molar-refractivity contribution in [1.29, 1.82) is 0 Å². The van der Waals surface area contributed by atoms with Crippen LogP contribution in [0, 0.1) is 0 Å². The van der Waals surface area contributed by atoms with Crippen LogP contribution in [0.5, 0.6) is 0 Å². The van der Waals surface area contributed by atoms with Gasteiger partial charge >= 0.3 is 0 Å². The number of hydrogen-bond donors (Lipinski definition) is 0. The van der Waals surface area contributed by atoms with E-state index in [-0.39, 0.29) is 12.5 Å². The second kappa shape index (κ2) is 7.19. The molecule has 1 aromatic heterocycles. The van der Waals surface area contributed by atoms with Crippen molar-refractivity contribution in [3.05, 3.63) is 42.5 Å². The molecule has 0 saturated carbocycles. The molecule has 1 aromatic carbocycles. The molecule has 1 fully saturated rings. The van der Waals surface area contributed by atoms with E-state index in [0.29, 0.717) is 13.1 Å². The summed E-state index contributed by atoms with van der Waals surface area (Å²) in [5.74, 6) is 0.890. The summed E-state index contributed by atoms with van der Waals surface area (Å²) in [6.45, 7) is 3.03. The fourth-order valence-corrected chi connectivity index (χ4v) is 2.66. The Morgan fingerprint density at radius 3 is 2.39 bits per heavy atom. The summed E-state index contributed by atoms with van der Waals surface area (Å²) in [6.07, 6.45) is 0. The number of hydrogen-bond acceptors (Lipinski definition) is 5. The Hall–Kier alpha value is -2.47. The third kappa shape index (κ3) is 3.65. The molecule has 0 bridgehead atoms. The van der Waals surface area contributed by atoms with Gasteiger partial charge in [0, 0.05) is 38.9 Å². The lowest BCUT2D eigenvalue weighted by Gasteiger charge is -2.35. The highest BCUT2D eigenvalue weighted by molar-refractivity contribution is 5.77. The van der Waals surface area contributed by atoms with E-state index in [1.54, 1.807) is 0 Å². The molecule has 6 heteroatoms. The largest absolute Gasteiger partial charge is 0.375 e. The minimum atomic E-state index is 0.0395. The summed E-state index contributed by atoms with van der Waals surface area (Å²) >= 11 is 0. The fraction of sp³-hybridized carbons (Fsp3) is 0.353. The minimum Gasteiger partial charge on any atom is -0.375 e. The molecule has 1 aliphatic rings. The van der Waals surface area contributed by atoms with Crippen LogP contribution >= 0.6 is 0 Å². The first-order chi connectivity index (χ1) is 11.3. The molecule has 6 nitrogen and oxygen atoms in total. The van der Waals surface area contributed by atoms with Gasteiger partial charge in [-0.1, -0.05) is 30.3 Å². The maximum absolute atomic E-state index is 11.8. The number of nitrogens with zero attached hydrogens (tertiary/aromatic N) is 4. The van der Waals surface area contributed by atoms with Gasteiger partial charge in [-0.2, -0.15) is 0 Å². The van der Waals surface area contributed by atoms with Crippen LogP contribution in [0.1, 0.15) is 0 Å². The van der Waals surface area contributed by atoms with E-state index < -0.39 is 0 Å². The number of ether oxygens (including phenoxy) is 1. The Bertz CT molecular complexity index is 637. The molecule has 0 N–H and O–H groups in total. The number of anilines is 1. The molecule has 0 unspecified atom stereocenters. The van der Waals surface area contributed by atoms with Crippen molar-refractivity contribution in [2.24, 2.45) is 0 Å². The summed E-state index contributed by atoms with van der Waals surface area (Å²) in [6, 6.07) is 14.0. The fourth-order valence-electron chi connectivity index (χ4n) is 2.66. The lowest BCUT2D eigenvalue weighted by atomic mass is 10.1. The monoisotopic (exact) mass is 312 g/mol. The summed E-state index contributed by atoms with van der Waals surface area (Å²) in [5.41, 5.74) is 1.92. The zero-order valence-corrected chi connectivity index (χ0v) is 13.2. The van der Waals surface area contributed by atoms with E-state index in [0.717, 1.165) is 30.2 Å². The highest BCUT2D eigenvalue weighted by atomic mass is 16.5. The van der Waals surface area contributed by atoms with Crippen LogP contribution in [0.3, 0.4) is 0 Å². The molecular weight excluding hydrogens is 292 g/mol. The van der Waals surface area contributed by atoms with Crippen LogP contribution in [-0.2, 0) is 9.53 Å². The molecule has 0 atom stereocenters. The number of methoxy groups -OCH3 is 1. The van der Waals surface area contributed by atoms with Crippen LogP contribution in [0.25, 0.3) is 11.3 Å². The lowest BCUT2D eigenvalue weighted by molar-refractivity contribution is -0.135. The summed E-state index contributed by atoms with van der Waals surface area (Å²) in [5, 5.41) is 8.65. The van der Waals surface area contributed by atoms with Gasteiger partial charge in [0.2, 0.25) is 5.91 Å². The predicted octanol–water partition coefficient (Wildman–Crippen LogP) is 1.44. The standard InChI is InChI=1S/C17H20N4O2/c1-23-13-17(22)21-11-9-20(10-12-21)16-8-7-15(18-19-16)14-5-3-2-4-6-14/h2-8H,9-13H2,1H3. The van der Waals surface area contributed by atoms with Crippen molar-refractivity contribution in [2.75, 3.05) is 44.8 Å². The van der Waals surface area contributed by atoms with Crippen molar-refractivity contribution in [3.8, 4) is 11.3 Å². The van der Waals surface area contributed by atoms with Gasteiger partial charge < -0.3 is 14.5 Å². The third-order valence-corrected chi connectivity index (χ3v) is 3.94. The van der Waals surface area contributed by atoms with Crippen molar-refractivity contribution < 1.29 is 9.53 Å². The van der Waals surface area contributed by atoms with Gasteiger partial charge in [0.05, 0.1) is 5.69 Å². The van der Waals surface area contributed by atoms with Crippen LogP contribution in [0.2, 0.25) is 0 Å². The van der Waals surface area contributed by atoms with E-state index in [4.69, 9.17) is 4.74 Å². The highest BCUT2D eigenvalue weighted by Gasteiger charge is 2.21. The molecule has 23 heavy (non-hydrogen) atoms. The summed E-state index contributed by atoms with van der Waals surface area (Å²) in [4.78, 5) is 15.8. The van der Waals surface area contributed by atoms with Gasteiger partial charge in [-0.15, -0.1) is 10.2 Å². The number of benzene rings is 1. The first kappa shape index (κ1) is 15.4.